The van der Waals surface area contributed by atoms with E-state index < -0.39 is 21.7 Å². The van der Waals surface area contributed by atoms with E-state index in [1.54, 1.807) is 4.81 Å². The molecule has 0 unspecified atom stereocenters. The van der Waals surface area contributed by atoms with Crippen molar-refractivity contribution in [2.75, 3.05) is 13.1 Å². The molecule has 0 aromatic carbocycles. The average molecular weight is 273 g/mol. The maximum atomic E-state index is 12.0. The quantitative estimate of drug-likeness (QED) is 0.309. The molecule has 1 heterocycles. The SMILES string of the molecule is O=CBN1CCC(OS(=O)(=O)C(F)(F)F)CC1. The van der Waals surface area contributed by atoms with Crippen LogP contribution in [0.2, 0.25) is 0 Å². The van der Waals surface area contributed by atoms with Gasteiger partial charge >= 0.3 is 15.6 Å². The summed E-state index contributed by atoms with van der Waals surface area (Å²) in [6.07, 6.45) is 0.0319. The standard InChI is InChI=1S/C7H11BF3NO4S/c9-7(10,11)17(14,15)16-6-1-3-12(4-2-6)8-5-13/h5-6,8H,1-4H2. The number of carbonyl (C=O) groups excluding carboxylic acids is 1. The number of carbonyl (C=O) groups is 1. The molecule has 5 nitrogen and oxygen atoms in total. The fourth-order valence-corrected chi connectivity index (χ4v) is 2.19. The Kier molecular flexibility index (Phi) is 4.56. The van der Waals surface area contributed by atoms with Crippen LogP contribution in [0.5, 0.6) is 0 Å². The molecule has 1 fully saturated rings. The second-order valence-corrected chi connectivity index (χ2v) is 5.23. The molecule has 1 saturated heterocycles. The summed E-state index contributed by atoms with van der Waals surface area (Å²) in [6.45, 7) is 0.688. The van der Waals surface area contributed by atoms with E-state index in [0.29, 0.717) is 19.3 Å². The predicted octanol–water partition coefficient (Wildman–Crippen LogP) is -0.141. The van der Waals surface area contributed by atoms with Gasteiger partial charge in [-0.3, -0.25) is 4.18 Å². The topological polar surface area (TPSA) is 63.7 Å². The largest absolute Gasteiger partial charge is 0.523 e. The minimum absolute atomic E-state index is 0.156. The zero-order valence-corrected chi connectivity index (χ0v) is 9.63. The van der Waals surface area contributed by atoms with Crippen LogP contribution in [0.25, 0.3) is 0 Å². The third kappa shape index (κ3) is 3.96. The summed E-state index contributed by atoms with van der Waals surface area (Å²) in [7, 11) is -5.32. The molecule has 0 atom stereocenters. The van der Waals surface area contributed by atoms with Crippen molar-refractivity contribution in [1.29, 1.82) is 0 Å². The van der Waals surface area contributed by atoms with Crippen LogP contribution < -0.4 is 0 Å². The van der Waals surface area contributed by atoms with E-state index in [1.807, 2.05) is 0 Å². The summed E-state index contributed by atoms with van der Waals surface area (Å²) in [5.74, 6) is 0. The maximum Gasteiger partial charge on any atom is 0.523 e. The molecule has 0 saturated carbocycles. The molecule has 0 radical (unpaired) electrons. The van der Waals surface area contributed by atoms with E-state index in [1.165, 1.54) is 0 Å². The van der Waals surface area contributed by atoms with E-state index in [-0.39, 0.29) is 20.3 Å². The van der Waals surface area contributed by atoms with Gasteiger partial charge < -0.3 is 9.61 Å². The molecule has 1 rings (SSSR count). The Balaban J connectivity index is 2.49. The Morgan fingerprint density at radius 2 is 1.82 bits per heavy atom. The lowest BCUT2D eigenvalue weighted by Gasteiger charge is -2.30. The lowest BCUT2D eigenvalue weighted by Crippen LogP contribution is -2.41. The van der Waals surface area contributed by atoms with E-state index in [0.717, 1.165) is 0 Å². The Bertz CT molecular complexity index is 364. The molecular weight excluding hydrogens is 262 g/mol. The highest BCUT2D eigenvalue weighted by Crippen LogP contribution is 2.27. The zero-order chi connectivity index (χ0) is 13.1. The number of halogens is 3. The first-order valence-electron chi connectivity index (χ1n) is 4.92. The molecule has 0 aromatic heterocycles. The average Bonchev–Trinajstić information content (AvgIpc) is 2.19. The molecule has 0 aliphatic carbocycles. The van der Waals surface area contributed by atoms with Crippen LogP contribution in [-0.2, 0) is 19.1 Å². The van der Waals surface area contributed by atoms with Crippen molar-refractivity contribution in [3.63, 3.8) is 0 Å². The van der Waals surface area contributed by atoms with Crippen LogP contribution in [0.15, 0.2) is 0 Å². The molecule has 0 aromatic rings. The van der Waals surface area contributed by atoms with Crippen molar-refractivity contribution >= 4 is 23.7 Å². The Morgan fingerprint density at radius 1 is 1.29 bits per heavy atom. The molecule has 98 valence electrons. The summed E-state index contributed by atoms with van der Waals surface area (Å²) in [4.78, 5) is 11.9. The number of alkyl halides is 3. The van der Waals surface area contributed by atoms with Crippen molar-refractivity contribution in [2.24, 2.45) is 0 Å². The first-order chi connectivity index (χ1) is 7.76. The Morgan fingerprint density at radius 3 is 2.24 bits per heavy atom. The lowest BCUT2D eigenvalue weighted by molar-refractivity contribution is -0.0587. The second kappa shape index (κ2) is 5.36. The third-order valence-electron chi connectivity index (χ3n) is 2.41. The van der Waals surface area contributed by atoms with E-state index in [2.05, 4.69) is 4.18 Å². The van der Waals surface area contributed by atoms with Crippen LogP contribution in [-0.4, -0.2) is 51.5 Å². The summed E-state index contributed by atoms with van der Waals surface area (Å²) < 4.78 is 61.6. The van der Waals surface area contributed by atoms with Crippen molar-refractivity contribution in [3.05, 3.63) is 0 Å². The highest BCUT2D eigenvalue weighted by atomic mass is 32.2. The molecule has 10 heteroatoms. The number of piperidine rings is 1. The normalized spacial score (nSPS) is 20.2. The summed E-state index contributed by atoms with van der Waals surface area (Å²) in [5.41, 5.74) is -5.38. The molecule has 0 amide bonds. The summed E-state index contributed by atoms with van der Waals surface area (Å²) in [5, 5.41) is 0. The van der Waals surface area contributed by atoms with Gasteiger partial charge in [-0.1, -0.05) is 0 Å². The Labute approximate surface area is 97.3 Å². The summed E-state index contributed by atoms with van der Waals surface area (Å²) in [6, 6.07) is 0. The van der Waals surface area contributed by atoms with Crippen molar-refractivity contribution < 1.29 is 30.6 Å². The van der Waals surface area contributed by atoms with Crippen LogP contribution >= 0.6 is 0 Å². The first-order valence-corrected chi connectivity index (χ1v) is 6.32. The number of hydrogen-bond acceptors (Lipinski definition) is 5. The highest BCUT2D eigenvalue weighted by Gasteiger charge is 2.48. The van der Waals surface area contributed by atoms with E-state index >= 15 is 0 Å². The predicted molar refractivity (Wildman–Crippen MR) is 54.6 cm³/mol. The fraction of sp³-hybridized carbons (Fsp3) is 0.857. The molecule has 0 bridgehead atoms. The molecule has 0 N–H and O–H groups in total. The van der Waals surface area contributed by atoms with Gasteiger partial charge in [-0.2, -0.15) is 21.6 Å². The van der Waals surface area contributed by atoms with Gasteiger partial charge in [0, 0.05) is 0 Å². The van der Waals surface area contributed by atoms with Gasteiger partial charge in [0.05, 0.1) is 12.3 Å². The monoisotopic (exact) mass is 273 g/mol. The number of nitrogens with zero attached hydrogens (tertiary/aromatic N) is 1. The summed E-state index contributed by atoms with van der Waals surface area (Å²) >= 11 is 0. The van der Waals surface area contributed by atoms with E-state index in [9.17, 15) is 26.4 Å². The van der Waals surface area contributed by atoms with Gasteiger partial charge in [-0.15, -0.1) is 0 Å². The molecule has 0 spiro atoms. The van der Waals surface area contributed by atoms with Crippen LogP contribution in [0.1, 0.15) is 12.8 Å². The lowest BCUT2D eigenvalue weighted by atomic mass is 9.90. The molecular formula is C7H11BF3NO4S. The van der Waals surface area contributed by atoms with Crippen LogP contribution in [0.4, 0.5) is 13.2 Å². The molecule has 1 aliphatic rings. The van der Waals surface area contributed by atoms with Gasteiger partial charge in [0.2, 0.25) is 0 Å². The first kappa shape index (κ1) is 14.5. The van der Waals surface area contributed by atoms with Gasteiger partial charge in [0.25, 0.3) is 7.41 Å². The molecule has 1 aliphatic heterocycles. The van der Waals surface area contributed by atoms with Crippen LogP contribution in [0, 0.1) is 0 Å². The third-order valence-corrected chi connectivity index (χ3v) is 3.51. The van der Waals surface area contributed by atoms with Gasteiger partial charge in [0.15, 0.2) is 0 Å². The van der Waals surface area contributed by atoms with Crippen molar-refractivity contribution in [2.45, 2.75) is 24.5 Å². The maximum absolute atomic E-state index is 12.0. The van der Waals surface area contributed by atoms with Gasteiger partial charge in [0.1, 0.15) is 0 Å². The highest BCUT2D eigenvalue weighted by molar-refractivity contribution is 7.87. The fourth-order valence-electron chi connectivity index (χ4n) is 1.53. The number of rotatable bonds is 4. The number of hydrogen-bond donors (Lipinski definition) is 0. The van der Waals surface area contributed by atoms with Gasteiger partial charge in [-0.25, -0.2) is 0 Å². The molecule has 17 heavy (non-hydrogen) atoms. The van der Waals surface area contributed by atoms with Gasteiger partial charge in [-0.05, 0) is 25.9 Å². The minimum atomic E-state index is -5.52. The zero-order valence-electron chi connectivity index (χ0n) is 8.81. The Hall–Kier alpha value is -0.605. The van der Waals surface area contributed by atoms with Crippen LogP contribution in [0.3, 0.4) is 0 Å². The van der Waals surface area contributed by atoms with Crippen molar-refractivity contribution in [1.82, 2.24) is 4.81 Å². The minimum Gasteiger partial charge on any atom is -0.338 e. The second-order valence-electron chi connectivity index (χ2n) is 3.66. The smallest absolute Gasteiger partial charge is 0.338 e. The van der Waals surface area contributed by atoms with E-state index in [4.69, 9.17) is 0 Å². The van der Waals surface area contributed by atoms with Crippen molar-refractivity contribution in [3.8, 4) is 0 Å².